The van der Waals surface area contributed by atoms with Crippen LogP contribution in [0.3, 0.4) is 0 Å². The fraction of sp³-hybridized carbons (Fsp3) is 0.500. The van der Waals surface area contributed by atoms with Gasteiger partial charge in [0.25, 0.3) is 0 Å². The first-order chi connectivity index (χ1) is 7.16. The van der Waals surface area contributed by atoms with Gasteiger partial charge < -0.3 is 0 Å². The van der Waals surface area contributed by atoms with Gasteiger partial charge in [0.1, 0.15) is 5.82 Å². The van der Waals surface area contributed by atoms with Crippen LogP contribution in [-0.2, 0) is 0 Å². The second-order valence-electron chi connectivity index (χ2n) is 4.81. The standard InChI is InChI=1S/C14H18F/c1-10(2)14(9-11-3-4-11)12-5-7-13(15)8-6-12/h5-8,10-11,14H,1,3-4,9H2,2H3. The summed E-state index contributed by atoms with van der Waals surface area (Å²) >= 11 is 0. The van der Waals surface area contributed by atoms with Gasteiger partial charge in [-0.05, 0) is 48.8 Å². The molecule has 0 saturated heterocycles. The Balaban J connectivity index is 2.11. The predicted molar refractivity (Wildman–Crippen MR) is 61.0 cm³/mol. The van der Waals surface area contributed by atoms with E-state index in [4.69, 9.17) is 0 Å². The second-order valence-corrected chi connectivity index (χ2v) is 4.81. The fourth-order valence-electron chi connectivity index (χ4n) is 2.12. The third-order valence-electron chi connectivity index (χ3n) is 3.27. The van der Waals surface area contributed by atoms with Crippen molar-refractivity contribution in [3.8, 4) is 0 Å². The molecule has 1 heteroatoms. The van der Waals surface area contributed by atoms with Gasteiger partial charge in [-0.15, -0.1) is 0 Å². The zero-order valence-corrected chi connectivity index (χ0v) is 9.25. The van der Waals surface area contributed by atoms with E-state index in [1.807, 2.05) is 12.1 Å². The van der Waals surface area contributed by atoms with Crippen molar-refractivity contribution in [2.75, 3.05) is 0 Å². The number of rotatable bonds is 4. The molecule has 1 aromatic carbocycles. The van der Waals surface area contributed by atoms with E-state index in [0.717, 1.165) is 5.92 Å². The van der Waals surface area contributed by atoms with E-state index in [1.165, 1.54) is 24.8 Å². The zero-order valence-electron chi connectivity index (χ0n) is 9.25. The van der Waals surface area contributed by atoms with Crippen molar-refractivity contribution in [3.63, 3.8) is 0 Å². The van der Waals surface area contributed by atoms with E-state index in [-0.39, 0.29) is 5.82 Å². The minimum absolute atomic E-state index is 0.152. The van der Waals surface area contributed by atoms with E-state index in [2.05, 4.69) is 13.8 Å². The lowest BCUT2D eigenvalue weighted by Crippen LogP contribution is -2.08. The Morgan fingerprint density at radius 1 is 1.33 bits per heavy atom. The first-order valence-electron chi connectivity index (χ1n) is 5.75. The first kappa shape index (κ1) is 10.7. The molecule has 1 fully saturated rings. The van der Waals surface area contributed by atoms with Crippen LogP contribution in [0.5, 0.6) is 0 Å². The Labute approximate surface area is 91.5 Å². The Kier molecular flexibility index (Phi) is 3.08. The van der Waals surface area contributed by atoms with Gasteiger partial charge in [-0.1, -0.05) is 31.9 Å². The SMILES string of the molecule is [CH2]C(C)C(CC1CC1)c1ccc(F)cc1. The lowest BCUT2D eigenvalue weighted by molar-refractivity contribution is 0.478. The Hall–Kier alpha value is -0.850. The summed E-state index contributed by atoms with van der Waals surface area (Å²) in [5.41, 5.74) is 1.24. The zero-order chi connectivity index (χ0) is 10.8. The molecule has 0 spiro atoms. The highest BCUT2D eigenvalue weighted by Crippen LogP contribution is 2.41. The maximum Gasteiger partial charge on any atom is 0.123 e. The van der Waals surface area contributed by atoms with Crippen molar-refractivity contribution in [3.05, 3.63) is 42.6 Å². The van der Waals surface area contributed by atoms with Gasteiger partial charge in [-0.3, -0.25) is 0 Å². The van der Waals surface area contributed by atoms with Crippen molar-refractivity contribution in [2.24, 2.45) is 11.8 Å². The molecule has 1 aliphatic rings. The number of hydrogen-bond acceptors (Lipinski definition) is 0. The monoisotopic (exact) mass is 205 g/mol. The molecule has 0 heterocycles. The molecule has 0 aromatic heterocycles. The summed E-state index contributed by atoms with van der Waals surface area (Å²) in [5.74, 6) is 1.64. The highest BCUT2D eigenvalue weighted by molar-refractivity contribution is 5.21. The van der Waals surface area contributed by atoms with Crippen molar-refractivity contribution < 1.29 is 4.39 Å². The molecule has 2 rings (SSSR count). The molecule has 2 atom stereocenters. The average molecular weight is 205 g/mol. The van der Waals surface area contributed by atoms with Crippen LogP contribution < -0.4 is 0 Å². The minimum Gasteiger partial charge on any atom is -0.207 e. The molecule has 0 aliphatic heterocycles. The molecule has 1 radical (unpaired) electrons. The largest absolute Gasteiger partial charge is 0.207 e. The molecular weight excluding hydrogens is 187 g/mol. The van der Waals surface area contributed by atoms with Crippen molar-refractivity contribution in [1.29, 1.82) is 0 Å². The van der Waals surface area contributed by atoms with Crippen LogP contribution in [0.25, 0.3) is 0 Å². The summed E-state index contributed by atoms with van der Waals surface area (Å²) in [7, 11) is 0. The third kappa shape index (κ3) is 2.80. The number of benzene rings is 1. The molecule has 1 saturated carbocycles. The molecule has 15 heavy (non-hydrogen) atoms. The van der Waals surface area contributed by atoms with Gasteiger partial charge in [0, 0.05) is 0 Å². The summed E-state index contributed by atoms with van der Waals surface area (Å²) in [6.07, 6.45) is 3.95. The van der Waals surface area contributed by atoms with Crippen LogP contribution in [0.1, 0.15) is 37.7 Å². The van der Waals surface area contributed by atoms with Gasteiger partial charge in [0.05, 0.1) is 0 Å². The van der Waals surface area contributed by atoms with Crippen LogP contribution in [0.15, 0.2) is 24.3 Å². The van der Waals surface area contributed by atoms with Crippen LogP contribution in [0.2, 0.25) is 0 Å². The molecule has 1 aromatic rings. The van der Waals surface area contributed by atoms with Gasteiger partial charge in [0.2, 0.25) is 0 Å². The van der Waals surface area contributed by atoms with Gasteiger partial charge >= 0.3 is 0 Å². The smallest absolute Gasteiger partial charge is 0.123 e. The average Bonchev–Trinajstić information content (AvgIpc) is 2.99. The van der Waals surface area contributed by atoms with Crippen LogP contribution in [0.4, 0.5) is 4.39 Å². The molecule has 0 N–H and O–H groups in total. The molecule has 2 unspecified atom stereocenters. The second kappa shape index (κ2) is 4.34. The number of hydrogen-bond donors (Lipinski definition) is 0. The summed E-state index contributed by atoms with van der Waals surface area (Å²) in [5, 5.41) is 0. The van der Waals surface area contributed by atoms with Crippen LogP contribution in [0, 0.1) is 24.6 Å². The molecule has 0 nitrogen and oxygen atoms in total. The highest BCUT2D eigenvalue weighted by atomic mass is 19.1. The minimum atomic E-state index is -0.152. The summed E-state index contributed by atoms with van der Waals surface area (Å²) in [6.45, 7) is 6.27. The molecule has 0 bridgehead atoms. The van der Waals surface area contributed by atoms with Crippen molar-refractivity contribution >= 4 is 0 Å². The molecule has 1 aliphatic carbocycles. The van der Waals surface area contributed by atoms with Gasteiger partial charge in [0.15, 0.2) is 0 Å². The quantitative estimate of drug-likeness (QED) is 0.691. The Bertz CT molecular complexity index is 309. The van der Waals surface area contributed by atoms with Crippen molar-refractivity contribution in [2.45, 2.75) is 32.1 Å². The Morgan fingerprint density at radius 2 is 1.93 bits per heavy atom. The molecule has 0 amide bonds. The van der Waals surface area contributed by atoms with E-state index in [0.29, 0.717) is 11.8 Å². The van der Waals surface area contributed by atoms with E-state index >= 15 is 0 Å². The van der Waals surface area contributed by atoms with Gasteiger partial charge in [-0.25, -0.2) is 4.39 Å². The summed E-state index contributed by atoms with van der Waals surface area (Å²) in [6, 6.07) is 6.92. The van der Waals surface area contributed by atoms with E-state index in [9.17, 15) is 4.39 Å². The first-order valence-corrected chi connectivity index (χ1v) is 5.75. The number of halogens is 1. The Morgan fingerprint density at radius 3 is 2.40 bits per heavy atom. The molecular formula is C14H18F. The summed E-state index contributed by atoms with van der Waals surface area (Å²) < 4.78 is 12.8. The van der Waals surface area contributed by atoms with Gasteiger partial charge in [-0.2, -0.15) is 0 Å². The molecule has 81 valence electrons. The lowest BCUT2D eigenvalue weighted by Gasteiger charge is -2.21. The lowest BCUT2D eigenvalue weighted by atomic mass is 9.84. The summed E-state index contributed by atoms with van der Waals surface area (Å²) in [4.78, 5) is 0. The fourth-order valence-corrected chi connectivity index (χ4v) is 2.12. The predicted octanol–water partition coefficient (Wildman–Crippen LogP) is 4.18. The topological polar surface area (TPSA) is 0 Å². The van der Waals surface area contributed by atoms with E-state index < -0.39 is 0 Å². The van der Waals surface area contributed by atoms with Crippen molar-refractivity contribution in [1.82, 2.24) is 0 Å². The van der Waals surface area contributed by atoms with E-state index in [1.54, 1.807) is 12.1 Å². The highest BCUT2D eigenvalue weighted by Gasteiger charge is 2.27. The van der Waals surface area contributed by atoms with Crippen LogP contribution in [-0.4, -0.2) is 0 Å². The maximum atomic E-state index is 12.8. The third-order valence-corrected chi connectivity index (χ3v) is 3.27. The normalized spacial score (nSPS) is 18.1. The maximum absolute atomic E-state index is 12.8. The van der Waals surface area contributed by atoms with Crippen LogP contribution >= 0.6 is 0 Å².